The molecule has 1 aromatic carbocycles. The molecule has 6 nitrogen and oxygen atoms in total. The molecule has 0 aromatic heterocycles. The van der Waals surface area contributed by atoms with Gasteiger partial charge in [0.05, 0.1) is 11.7 Å². The number of hydrogen-bond donors (Lipinski definition) is 2. The maximum atomic E-state index is 11.0. The van der Waals surface area contributed by atoms with Gasteiger partial charge < -0.3 is 24.8 Å². The van der Waals surface area contributed by atoms with Crippen LogP contribution in [-0.2, 0) is 9.53 Å². The van der Waals surface area contributed by atoms with Crippen LogP contribution in [-0.4, -0.2) is 42.7 Å². The molecular formula is C13H15BrN2O4. The first kappa shape index (κ1) is 13.7. The molecule has 2 N–H and O–H groups in total. The van der Waals surface area contributed by atoms with E-state index in [9.17, 15) is 9.90 Å². The SMILES string of the molecule is CC(=O)NC[C@@H]1OC(O)N2c3ccc(Br)cc3OC[C@@H]12. The molecule has 0 aliphatic carbocycles. The van der Waals surface area contributed by atoms with E-state index in [-0.39, 0.29) is 18.1 Å². The number of hydrogen-bond acceptors (Lipinski definition) is 5. The standard InChI is InChI=1S/C13H15BrN2O4/c1-7(17)15-5-12-10-6-19-11-4-8(14)2-3-9(11)16(10)13(18)20-12/h2-4,10,12-13,18H,5-6H2,1H3,(H,15,17)/t10-,12-,13?/m0/s1. The van der Waals surface area contributed by atoms with Gasteiger partial charge in [-0.05, 0) is 18.2 Å². The van der Waals surface area contributed by atoms with Crippen molar-refractivity contribution in [1.29, 1.82) is 0 Å². The fourth-order valence-corrected chi connectivity index (χ4v) is 2.90. The first-order chi connectivity index (χ1) is 9.56. The minimum Gasteiger partial charge on any atom is -0.489 e. The van der Waals surface area contributed by atoms with Crippen molar-refractivity contribution in [3.8, 4) is 5.75 Å². The van der Waals surface area contributed by atoms with Gasteiger partial charge in [0.1, 0.15) is 18.5 Å². The second-order valence-electron chi connectivity index (χ2n) is 4.84. The largest absolute Gasteiger partial charge is 0.489 e. The Balaban J connectivity index is 1.84. The summed E-state index contributed by atoms with van der Waals surface area (Å²) in [7, 11) is 0. The number of carbonyl (C=O) groups excluding carboxylic acids is 1. The van der Waals surface area contributed by atoms with Crippen LogP contribution in [0.5, 0.6) is 5.75 Å². The normalized spacial score (nSPS) is 27.6. The number of halogens is 1. The van der Waals surface area contributed by atoms with Gasteiger partial charge in [-0.1, -0.05) is 15.9 Å². The first-order valence-electron chi connectivity index (χ1n) is 6.35. The number of aliphatic hydroxyl groups excluding tert-OH is 1. The molecule has 1 amide bonds. The number of carbonyl (C=O) groups is 1. The first-order valence-corrected chi connectivity index (χ1v) is 7.14. The maximum Gasteiger partial charge on any atom is 0.238 e. The number of rotatable bonds is 2. The number of ether oxygens (including phenoxy) is 2. The molecule has 2 aliphatic heterocycles. The lowest BCUT2D eigenvalue weighted by Crippen LogP contribution is -2.48. The number of anilines is 1. The van der Waals surface area contributed by atoms with Crippen LogP contribution in [0.25, 0.3) is 0 Å². The van der Waals surface area contributed by atoms with Crippen LogP contribution in [0.1, 0.15) is 6.92 Å². The van der Waals surface area contributed by atoms with Crippen LogP contribution in [0.2, 0.25) is 0 Å². The van der Waals surface area contributed by atoms with Gasteiger partial charge in [0, 0.05) is 17.9 Å². The number of aliphatic hydroxyl groups is 1. The summed E-state index contributed by atoms with van der Waals surface area (Å²) in [4.78, 5) is 12.8. The van der Waals surface area contributed by atoms with Gasteiger partial charge in [-0.25, -0.2) is 0 Å². The van der Waals surface area contributed by atoms with Gasteiger partial charge in [-0.2, -0.15) is 0 Å². The van der Waals surface area contributed by atoms with Crippen LogP contribution < -0.4 is 15.0 Å². The molecule has 20 heavy (non-hydrogen) atoms. The van der Waals surface area contributed by atoms with Crippen LogP contribution in [0.3, 0.4) is 0 Å². The molecule has 3 rings (SSSR count). The summed E-state index contributed by atoms with van der Waals surface area (Å²) in [5, 5.41) is 12.8. The molecule has 3 atom stereocenters. The van der Waals surface area contributed by atoms with Crippen molar-refractivity contribution in [2.75, 3.05) is 18.1 Å². The molecule has 2 aliphatic rings. The average Bonchev–Trinajstić information content (AvgIpc) is 2.73. The third-order valence-corrected chi connectivity index (χ3v) is 3.98. The second-order valence-corrected chi connectivity index (χ2v) is 5.75. The Morgan fingerprint density at radius 2 is 2.40 bits per heavy atom. The lowest BCUT2D eigenvalue weighted by Gasteiger charge is -2.34. The van der Waals surface area contributed by atoms with E-state index in [0.29, 0.717) is 18.9 Å². The fourth-order valence-electron chi connectivity index (χ4n) is 2.56. The summed E-state index contributed by atoms with van der Waals surface area (Å²) in [5.41, 5.74) is 0.794. The van der Waals surface area contributed by atoms with E-state index in [2.05, 4.69) is 21.2 Å². The molecule has 0 saturated carbocycles. The van der Waals surface area contributed by atoms with Crippen LogP contribution in [0, 0.1) is 0 Å². The van der Waals surface area contributed by atoms with Crippen molar-refractivity contribution in [3.05, 3.63) is 22.7 Å². The maximum absolute atomic E-state index is 11.0. The molecule has 0 radical (unpaired) electrons. The Labute approximate surface area is 124 Å². The number of nitrogens with zero attached hydrogens (tertiary/aromatic N) is 1. The highest BCUT2D eigenvalue weighted by Crippen LogP contribution is 2.40. The molecule has 1 unspecified atom stereocenters. The lowest BCUT2D eigenvalue weighted by atomic mass is 10.1. The zero-order chi connectivity index (χ0) is 14.3. The summed E-state index contributed by atoms with van der Waals surface area (Å²) in [6.07, 6.45) is -1.33. The van der Waals surface area contributed by atoms with E-state index >= 15 is 0 Å². The molecule has 7 heteroatoms. The van der Waals surface area contributed by atoms with Crippen molar-refractivity contribution in [2.45, 2.75) is 25.5 Å². The quantitative estimate of drug-likeness (QED) is 0.832. The Morgan fingerprint density at radius 1 is 1.60 bits per heavy atom. The lowest BCUT2D eigenvalue weighted by molar-refractivity contribution is -0.121. The highest BCUT2D eigenvalue weighted by molar-refractivity contribution is 9.10. The summed E-state index contributed by atoms with van der Waals surface area (Å²) < 4.78 is 12.2. The van der Waals surface area contributed by atoms with Crippen molar-refractivity contribution in [3.63, 3.8) is 0 Å². The number of nitrogens with one attached hydrogen (secondary N) is 1. The minimum absolute atomic E-state index is 0.120. The summed E-state index contributed by atoms with van der Waals surface area (Å²) in [5.74, 6) is 0.584. The molecule has 0 spiro atoms. The van der Waals surface area contributed by atoms with Crippen molar-refractivity contribution in [2.24, 2.45) is 0 Å². The highest BCUT2D eigenvalue weighted by Gasteiger charge is 2.45. The summed E-state index contributed by atoms with van der Waals surface area (Å²) in [6, 6.07) is 5.50. The third kappa shape index (κ3) is 2.36. The van der Waals surface area contributed by atoms with E-state index in [0.717, 1.165) is 10.2 Å². The Bertz CT molecular complexity index is 539. The Morgan fingerprint density at radius 3 is 3.15 bits per heavy atom. The van der Waals surface area contributed by atoms with Gasteiger partial charge >= 0.3 is 0 Å². The third-order valence-electron chi connectivity index (χ3n) is 3.48. The number of amides is 1. The van der Waals surface area contributed by atoms with Gasteiger partial charge in [-0.15, -0.1) is 0 Å². The zero-order valence-electron chi connectivity index (χ0n) is 10.9. The zero-order valence-corrected chi connectivity index (χ0v) is 12.5. The highest BCUT2D eigenvalue weighted by atomic mass is 79.9. The topological polar surface area (TPSA) is 71.0 Å². The summed E-state index contributed by atoms with van der Waals surface area (Å²) >= 11 is 3.39. The number of benzene rings is 1. The second kappa shape index (κ2) is 5.23. The van der Waals surface area contributed by atoms with E-state index in [1.807, 2.05) is 18.2 Å². The molecule has 1 saturated heterocycles. The van der Waals surface area contributed by atoms with Gasteiger partial charge in [0.2, 0.25) is 12.3 Å². The molecule has 1 fully saturated rings. The monoisotopic (exact) mass is 342 g/mol. The molecule has 0 bridgehead atoms. The average molecular weight is 343 g/mol. The predicted molar refractivity (Wildman–Crippen MR) is 75.5 cm³/mol. The minimum atomic E-state index is -1.03. The molecular weight excluding hydrogens is 328 g/mol. The van der Waals surface area contributed by atoms with Crippen molar-refractivity contribution >= 4 is 27.5 Å². The van der Waals surface area contributed by atoms with E-state index in [4.69, 9.17) is 9.47 Å². The Hall–Kier alpha value is -1.31. The van der Waals surface area contributed by atoms with E-state index in [1.165, 1.54) is 6.92 Å². The van der Waals surface area contributed by atoms with Crippen molar-refractivity contribution < 1.29 is 19.4 Å². The van der Waals surface area contributed by atoms with Crippen LogP contribution in [0.15, 0.2) is 22.7 Å². The van der Waals surface area contributed by atoms with Crippen LogP contribution in [0.4, 0.5) is 5.69 Å². The van der Waals surface area contributed by atoms with E-state index < -0.39 is 6.41 Å². The van der Waals surface area contributed by atoms with Crippen molar-refractivity contribution in [1.82, 2.24) is 5.32 Å². The summed E-state index contributed by atoms with van der Waals surface area (Å²) in [6.45, 7) is 2.21. The van der Waals surface area contributed by atoms with Gasteiger partial charge in [0.15, 0.2) is 0 Å². The number of fused-ring (bicyclic) bond motifs is 3. The predicted octanol–water partition coefficient (Wildman–Crippen LogP) is 0.827. The fraction of sp³-hybridized carbons (Fsp3) is 0.462. The molecule has 2 heterocycles. The Kier molecular flexibility index (Phi) is 3.57. The smallest absolute Gasteiger partial charge is 0.238 e. The van der Waals surface area contributed by atoms with E-state index in [1.54, 1.807) is 4.90 Å². The van der Waals surface area contributed by atoms with Crippen LogP contribution >= 0.6 is 15.9 Å². The van der Waals surface area contributed by atoms with Gasteiger partial charge in [-0.3, -0.25) is 4.79 Å². The molecule has 108 valence electrons. The molecule has 1 aromatic rings. The van der Waals surface area contributed by atoms with Gasteiger partial charge in [0.25, 0.3) is 0 Å².